The zero-order valence-corrected chi connectivity index (χ0v) is 11.5. The predicted octanol–water partition coefficient (Wildman–Crippen LogP) is 3.77. The van der Waals surface area contributed by atoms with Gasteiger partial charge in [-0.1, -0.05) is 12.1 Å². The first-order valence-electron chi connectivity index (χ1n) is 6.65. The molecule has 0 aliphatic rings. The summed E-state index contributed by atoms with van der Waals surface area (Å²) in [5.74, 6) is 0.0730. The fourth-order valence-corrected chi connectivity index (χ4v) is 2.18. The molecule has 0 unspecified atom stereocenters. The minimum Gasteiger partial charge on any atom is -0.493 e. The highest BCUT2D eigenvalue weighted by Gasteiger charge is 2.09. The third kappa shape index (κ3) is 3.02. The number of rotatable bonds is 4. The van der Waals surface area contributed by atoms with Gasteiger partial charge in [-0.25, -0.2) is 13.8 Å². The van der Waals surface area contributed by atoms with Gasteiger partial charge in [-0.05, 0) is 30.7 Å². The minimum atomic E-state index is -0.660. The second-order valence-electron chi connectivity index (χ2n) is 4.88. The van der Waals surface area contributed by atoms with Gasteiger partial charge in [0.2, 0.25) is 0 Å². The largest absolute Gasteiger partial charge is 0.493 e. The number of aryl methyl sites for hydroxylation is 1. The van der Waals surface area contributed by atoms with Crippen LogP contribution in [0.3, 0.4) is 0 Å². The van der Waals surface area contributed by atoms with Crippen LogP contribution >= 0.6 is 0 Å². The van der Waals surface area contributed by atoms with Crippen molar-refractivity contribution in [1.29, 1.82) is 0 Å². The lowest BCUT2D eigenvalue weighted by atomic mass is 10.2. The van der Waals surface area contributed by atoms with Crippen molar-refractivity contribution in [1.82, 2.24) is 9.97 Å². The molecule has 0 aliphatic carbocycles. The Kier molecular flexibility index (Phi) is 3.56. The molecule has 21 heavy (non-hydrogen) atoms. The predicted molar refractivity (Wildman–Crippen MR) is 76.4 cm³/mol. The Labute approximate surface area is 120 Å². The fraction of sp³-hybridized carbons (Fsp3) is 0.188. The molecule has 0 saturated carbocycles. The Hall–Kier alpha value is -2.43. The number of imidazole rings is 1. The summed E-state index contributed by atoms with van der Waals surface area (Å²) in [5.41, 5.74) is 1.63. The van der Waals surface area contributed by atoms with Gasteiger partial charge in [-0.3, -0.25) is 0 Å². The topological polar surface area (TPSA) is 37.9 Å². The number of aromatic nitrogens is 2. The standard InChI is InChI=1S/C16H14F2N2O/c1-10-3-2-4-12(7-10)21-6-5-15-19-14-9-11(17)8-13(18)16(14)20-15/h2-4,7-9H,5-6H2,1H3,(H,19,20). The van der Waals surface area contributed by atoms with E-state index in [0.29, 0.717) is 24.4 Å². The molecule has 1 N–H and O–H groups in total. The van der Waals surface area contributed by atoms with Crippen LogP contribution in [0.15, 0.2) is 36.4 Å². The quantitative estimate of drug-likeness (QED) is 0.793. The summed E-state index contributed by atoms with van der Waals surface area (Å²) >= 11 is 0. The fourth-order valence-electron chi connectivity index (χ4n) is 2.18. The lowest BCUT2D eigenvalue weighted by molar-refractivity contribution is 0.319. The molecule has 0 aliphatic heterocycles. The van der Waals surface area contributed by atoms with Gasteiger partial charge in [-0.15, -0.1) is 0 Å². The van der Waals surface area contributed by atoms with Crippen LogP contribution in [-0.2, 0) is 6.42 Å². The van der Waals surface area contributed by atoms with Gasteiger partial charge in [0.25, 0.3) is 0 Å². The van der Waals surface area contributed by atoms with E-state index in [1.54, 1.807) is 0 Å². The van der Waals surface area contributed by atoms with E-state index < -0.39 is 11.6 Å². The summed E-state index contributed by atoms with van der Waals surface area (Å²) in [5, 5.41) is 0. The highest BCUT2D eigenvalue weighted by Crippen LogP contribution is 2.18. The van der Waals surface area contributed by atoms with E-state index in [1.165, 1.54) is 6.07 Å². The number of nitrogens with one attached hydrogen (secondary N) is 1. The average molecular weight is 288 g/mol. The number of aromatic amines is 1. The maximum absolute atomic E-state index is 13.5. The molecule has 1 aromatic heterocycles. The molecule has 108 valence electrons. The maximum Gasteiger partial charge on any atom is 0.153 e. The van der Waals surface area contributed by atoms with E-state index in [4.69, 9.17) is 4.74 Å². The summed E-state index contributed by atoms with van der Waals surface area (Å²) in [6, 6.07) is 9.79. The van der Waals surface area contributed by atoms with E-state index in [1.807, 2.05) is 31.2 Å². The molecule has 3 rings (SSSR count). The molecule has 3 aromatic rings. The number of hydrogen-bond donors (Lipinski definition) is 1. The smallest absolute Gasteiger partial charge is 0.153 e. The highest BCUT2D eigenvalue weighted by molar-refractivity contribution is 5.75. The van der Waals surface area contributed by atoms with Crippen LogP contribution in [0, 0.1) is 18.6 Å². The molecule has 0 amide bonds. The van der Waals surface area contributed by atoms with Crippen LogP contribution in [0.25, 0.3) is 11.0 Å². The molecule has 3 nitrogen and oxygen atoms in total. The summed E-state index contributed by atoms with van der Waals surface area (Å²) in [6.45, 7) is 2.40. The van der Waals surface area contributed by atoms with Gasteiger partial charge in [0, 0.05) is 12.5 Å². The zero-order valence-electron chi connectivity index (χ0n) is 11.5. The molecule has 0 saturated heterocycles. The SMILES string of the molecule is Cc1cccc(OCCc2nc3c(F)cc(F)cc3[nH]2)c1. The van der Waals surface area contributed by atoms with E-state index in [2.05, 4.69) is 9.97 Å². The number of hydrogen-bond acceptors (Lipinski definition) is 2. The van der Waals surface area contributed by atoms with E-state index in [-0.39, 0.29) is 5.52 Å². The molecule has 0 bridgehead atoms. The first-order valence-corrected chi connectivity index (χ1v) is 6.65. The first-order chi connectivity index (χ1) is 10.1. The number of H-pyrrole nitrogens is 1. The Morgan fingerprint density at radius 2 is 2.05 bits per heavy atom. The Morgan fingerprint density at radius 3 is 2.86 bits per heavy atom. The van der Waals surface area contributed by atoms with Crippen molar-refractivity contribution in [2.45, 2.75) is 13.3 Å². The summed E-state index contributed by atoms with van der Waals surface area (Å²) < 4.78 is 32.3. The van der Waals surface area contributed by atoms with Gasteiger partial charge in [0.05, 0.1) is 12.1 Å². The molecule has 0 radical (unpaired) electrons. The zero-order chi connectivity index (χ0) is 14.8. The molecule has 2 aromatic carbocycles. The second kappa shape index (κ2) is 5.52. The van der Waals surface area contributed by atoms with Gasteiger partial charge < -0.3 is 9.72 Å². The van der Waals surface area contributed by atoms with Crippen molar-refractivity contribution < 1.29 is 13.5 Å². The highest BCUT2D eigenvalue weighted by atomic mass is 19.1. The summed E-state index contributed by atoms with van der Waals surface area (Å²) in [6.07, 6.45) is 0.490. The van der Waals surface area contributed by atoms with Crippen LogP contribution in [0.4, 0.5) is 8.78 Å². The van der Waals surface area contributed by atoms with Gasteiger partial charge >= 0.3 is 0 Å². The number of halogens is 2. The molecule has 0 spiro atoms. The maximum atomic E-state index is 13.5. The second-order valence-corrected chi connectivity index (χ2v) is 4.88. The Morgan fingerprint density at radius 1 is 1.19 bits per heavy atom. The van der Waals surface area contributed by atoms with E-state index in [0.717, 1.165) is 17.4 Å². The van der Waals surface area contributed by atoms with Crippen LogP contribution < -0.4 is 4.74 Å². The van der Waals surface area contributed by atoms with Gasteiger partial charge in [0.15, 0.2) is 5.82 Å². The summed E-state index contributed by atoms with van der Waals surface area (Å²) in [7, 11) is 0. The normalized spacial score (nSPS) is 11.0. The van der Waals surface area contributed by atoms with Crippen molar-refractivity contribution in [3.8, 4) is 5.75 Å². The van der Waals surface area contributed by atoms with Gasteiger partial charge in [0.1, 0.15) is 22.9 Å². The monoisotopic (exact) mass is 288 g/mol. The third-order valence-corrected chi connectivity index (χ3v) is 3.15. The molecule has 5 heteroatoms. The van der Waals surface area contributed by atoms with Crippen LogP contribution in [0.2, 0.25) is 0 Å². The Bertz CT molecular complexity index is 783. The Balaban J connectivity index is 1.69. The van der Waals surface area contributed by atoms with Crippen molar-refractivity contribution >= 4 is 11.0 Å². The van der Waals surface area contributed by atoms with E-state index >= 15 is 0 Å². The van der Waals surface area contributed by atoms with Crippen LogP contribution in [0.5, 0.6) is 5.75 Å². The number of benzene rings is 2. The lowest BCUT2D eigenvalue weighted by Crippen LogP contribution is -2.02. The molecule has 0 atom stereocenters. The molecule has 0 fully saturated rings. The minimum absolute atomic E-state index is 0.155. The van der Waals surface area contributed by atoms with Crippen molar-refractivity contribution in [3.05, 3.63) is 59.4 Å². The third-order valence-electron chi connectivity index (χ3n) is 3.15. The van der Waals surface area contributed by atoms with Crippen molar-refractivity contribution in [2.75, 3.05) is 6.61 Å². The number of ether oxygens (including phenoxy) is 1. The first kappa shape index (κ1) is 13.5. The van der Waals surface area contributed by atoms with Crippen molar-refractivity contribution in [2.24, 2.45) is 0 Å². The molecule has 1 heterocycles. The van der Waals surface area contributed by atoms with Crippen LogP contribution in [-0.4, -0.2) is 16.6 Å². The number of fused-ring (bicyclic) bond motifs is 1. The van der Waals surface area contributed by atoms with E-state index in [9.17, 15) is 8.78 Å². The summed E-state index contributed by atoms with van der Waals surface area (Å²) in [4.78, 5) is 7.03. The molecular formula is C16H14F2N2O. The molecular weight excluding hydrogens is 274 g/mol. The van der Waals surface area contributed by atoms with Crippen molar-refractivity contribution in [3.63, 3.8) is 0 Å². The lowest BCUT2D eigenvalue weighted by Gasteiger charge is -2.05. The van der Waals surface area contributed by atoms with Crippen LogP contribution in [0.1, 0.15) is 11.4 Å². The average Bonchev–Trinajstić information content (AvgIpc) is 2.82. The number of nitrogens with zero attached hydrogens (tertiary/aromatic N) is 1. The van der Waals surface area contributed by atoms with Gasteiger partial charge in [-0.2, -0.15) is 0 Å².